The average molecular weight is 648 g/mol. The average Bonchev–Trinajstić information content (AvgIpc) is 2.98. The van der Waals surface area contributed by atoms with E-state index in [0.29, 0.717) is 29.0 Å². The minimum absolute atomic E-state index is 0.0120. The molecule has 2 bridgehead atoms. The number of ketones is 2. The number of likely N-dealkylation sites (N-methyl/N-ethyl adjacent to an activating group) is 1. The van der Waals surface area contributed by atoms with Crippen molar-refractivity contribution in [3.63, 3.8) is 0 Å². The molecule has 1 aromatic carbocycles. The van der Waals surface area contributed by atoms with E-state index in [1.54, 1.807) is 34.6 Å². The first kappa shape index (κ1) is 34.0. The van der Waals surface area contributed by atoms with E-state index in [1.807, 2.05) is 24.9 Å². The van der Waals surface area contributed by atoms with E-state index in [9.17, 15) is 24.8 Å². The SMILES string of the molecule is C=C(NC[C@H]1C2=C(C[C@H]3[C@H]4c5c(cc(C)c(OC)c5O)C[C@H]([C@H](C#N)N13)N4C)C(=O)C(C)=C(OC)C2=O)[C@H](C)NC(=O)OC(C)(C)C. The molecule has 1 fully saturated rings. The van der Waals surface area contributed by atoms with Gasteiger partial charge in [-0.1, -0.05) is 12.6 Å². The molecule has 0 spiro atoms. The summed E-state index contributed by atoms with van der Waals surface area (Å²) in [5.74, 6) is -0.255. The monoisotopic (exact) mass is 647 g/mol. The molecule has 252 valence electrons. The Hall–Kier alpha value is -4.34. The maximum absolute atomic E-state index is 14.1. The van der Waals surface area contributed by atoms with E-state index in [4.69, 9.17) is 14.2 Å². The van der Waals surface area contributed by atoms with E-state index < -0.39 is 47.7 Å². The number of amides is 1. The summed E-state index contributed by atoms with van der Waals surface area (Å²) >= 11 is 0. The molecule has 0 saturated carbocycles. The lowest BCUT2D eigenvalue weighted by molar-refractivity contribution is -0.122. The molecule has 0 aromatic heterocycles. The highest BCUT2D eigenvalue weighted by atomic mass is 16.6. The van der Waals surface area contributed by atoms with Gasteiger partial charge in [-0.2, -0.15) is 5.26 Å². The number of aromatic hydroxyl groups is 1. The van der Waals surface area contributed by atoms with Gasteiger partial charge >= 0.3 is 6.09 Å². The second kappa shape index (κ2) is 12.4. The van der Waals surface area contributed by atoms with Crippen LogP contribution in [0.1, 0.15) is 63.8 Å². The van der Waals surface area contributed by atoms with Gasteiger partial charge in [0.1, 0.15) is 11.6 Å². The van der Waals surface area contributed by atoms with Crippen LogP contribution in [-0.4, -0.2) is 96.2 Å². The molecule has 3 heterocycles. The van der Waals surface area contributed by atoms with Gasteiger partial charge in [-0.3, -0.25) is 19.4 Å². The summed E-state index contributed by atoms with van der Waals surface area (Å²) in [5, 5.41) is 28.4. The maximum Gasteiger partial charge on any atom is 0.408 e. The zero-order valence-corrected chi connectivity index (χ0v) is 28.6. The third kappa shape index (κ3) is 5.65. The zero-order chi connectivity index (χ0) is 34.7. The molecule has 3 aliphatic heterocycles. The number of hydrogen-bond donors (Lipinski definition) is 3. The molecule has 1 amide bonds. The Morgan fingerprint density at radius 1 is 1.17 bits per heavy atom. The van der Waals surface area contributed by atoms with Crippen LogP contribution in [-0.2, 0) is 25.5 Å². The Balaban J connectivity index is 1.59. The quantitative estimate of drug-likeness (QED) is 0.374. The van der Waals surface area contributed by atoms with Crippen LogP contribution in [0.2, 0.25) is 0 Å². The van der Waals surface area contributed by atoms with E-state index in [1.165, 1.54) is 14.2 Å². The first-order valence-corrected chi connectivity index (χ1v) is 15.8. The van der Waals surface area contributed by atoms with Crippen molar-refractivity contribution in [3.05, 3.63) is 57.5 Å². The number of allylic oxidation sites excluding steroid dienone is 2. The van der Waals surface area contributed by atoms with E-state index in [0.717, 1.165) is 11.1 Å². The number of hydrogen-bond acceptors (Lipinski definition) is 11. The van der Waals surface area contributed by atoms with Gasteiger partial charge in [-0.25, -0.2) is 4.79 Å². The Morgan fingerprint density at radius 2 is 1.85 bits per heavy atom. The number of benzene rings is 1. The first-order valence-electron chi connectivity index (χ1n) is 15.8. The van der Waals surface area contributed by atoms with Crippen LogP contribution in [0.4, 0.5) is 4.79 Å². The minimum Gasteiger partial charge on any atom is -0.504 e. The summed E-state index contributed by atoms with van der Waals surface area (Å²) in [6, 6.07) is 1.46. The second-order valence-electron chi connectivity index (χ2n) is 13.8. The number of nitriles is 1. The van der Waals surface area contributed by atoms with Crippen molar-refractivity contribution in [1.29, 1.82) is 5.26 Å². The Morgan fingerprint density at radius 3 is 2.45 bits per heavy atom. The lowest BCUT2D eigenvalue weighted by atomic mass is 9.69. The highest BCUT2D eigenvalue weighted by Crippen LogP contribution is 2.53. The number of Topliss-reactive ketones (excluding diaryl/α,β-unsaturated/α-hetero) is 2. The number of fused-ring (bicyclic) bond motifs is 6. The molecular formula is C35H45N5O7. The predicted molar refractivity (Wildman–Crippen MR) is 174 cm³/mol. The molecule has 5 rings (SSSR count). The van der Waals surface area contributed by atoms with Crippen molar-refractivity contribution in [2.45, 2.75) is 96.2 Å². The van der Waals surface area contributed by atoms with Gasteiger partial charge in [-0.05, 0) is 72.6 Å². The largest absolute Gasteiger partial charge is 0.504 e. The first-order chi connectivity index (χ1) is 22.1. The van der Waals surface area contributed by atoms with E-state index in [-0.39, 0.29) is 47.4 Å². The summed E-state index contributed by atoms with van der Waals surface area (Å²) < 4.78 is 16.4. The number of piperazine rings is 1. The number of methoxy groups -OCH3 is 2. The van der Waals surface area contributed by atoms with Gasteiger partial charge < -0.3 is 30.0 Å². The normalized spacial score (nSPS) is 26.4. The van der Waals surface area contributed by atoms with Crippen molar-refractivity contribution in [2.75, 3.05) is 27.8 Å². The fourth-order valence-corrected chi connectivity index (χ4v) is 7.76. The van der Waals surface area contributed by atoms with Crippen LogP contribution in [0.3, 0.4) is 0 Å². The second-order valence-corrected chi connectivity index (χ2v) is 13.8. The smallest absolute Gasteiger partial charge is 0.408 e. The molecule has 4 aliphatic rings. The molecule has 0 unspecified atom stereocenters. The number of nitrogens with one attached hydrogen (secondary N) is 2. The molecular weight excluding hydrogens is 602 g/mol. The van der Waals surface area contributed by atoms with Gasteiger partial charge in [0.05, 0.1) is 38.4 Å². The highest BCUT2D eigenvalue weighted by molar-refractivity contribution is 6.25. The van der Waals surface area contributed by atoms with Gasteiger partial charge in [0.2, 0.25) is 5.78 Å². The molecule has 3 N–H and O–H groups in total. The third-order valence-corrected chi connectivity index (χ3v) is 9.84. The van der Waals surface area contributed by atoms with Gasteiger partial charge in [-0.15, -0.1) is 0 Å². The van der Waals surface area contributed by atoms with Crippen molar-refractivity contribution in [2.24, 2.45) is 0 Å². The molecule has 12 nitrogen and oxygen atoms in total. The molecule has 1 saturated heterocycles. The summed E-state index contributed by atoms with van der Waals surface area (Å²) in [6.45, 7) is 14.8. The van der Waals surface area contributed by atoms with Crippen molar-refractivity contribution in [1.82, 2.24) is 20.4 Å². The summed E-state index contributed by atoms with van der Waals surface area (Å²) in [7, 11) is 4.83. The van der Waals surface area contributed by atoms with E-state index >= 15 is 0 Å². The topological polar surface area (TPSA) is 153 Å². The third-order valence-electron chi connectivity index (χ3n) is 9.84. The Kier molecular flexibility index (Phi) is 8.94. The van der Waals surface area contributed by atoms with Crippen LogP contribution >= 0.6 is 0 Å². The predicted octanol–water partition coefficient (Wildman–Crippen LogP) is 3.34. The molecule has 12 heteroatoms. The number of phenolic OH excluding ortho intramolecular Hbond substituents is 1. The molecule has 0 radical (unpaired) electrons. The number of aryl methyl sites for hydroxylation is 1. The fraction of sp³-hybridized carbons (Fsp3) is 0.543. The Labute approximate surface area is 276 Å². The highest BCUT2D eigenvalue weighted by Gasteiger charge is 2.57. The molecule has 1 aromatic rings. The zero-order valence-electron chi connectivity index (χ0n) is 28.6. The standard InChI is InChI=1S/C35H45N5O7/c1-16-11-20-12-22-24(14-36)40-23(28(39(22)8)26(20)30(42)32(16)45-9)13-21-27(31(43)33(46-10)17(2)29(21)41)25(40)15-37-18(3)19(4)38-34(44)47-35(5,6)7/h11,19,22-25,28,37,42H,3,12-13,15H2,1-2,4-10H3,(H,38,44)/t19-,22+,23-,24-,25-,28-/m0/s1. The van der Waals surface area contributed by atoms with Crippen LogP contribution in [0.25, 0.3) is 0 Å². The summed E-state index contributed by atoms with van der Waals surface area (Å²) in [4.78, 5) is 44.6. The summed E-state index contributed by atoms with van der Waals surface area (Å²) in [5.41, 5.74) is 3.10. The number of phenols is 1. The van der Waals surface area contributed by atoms with Crippen LogP contribution in [0, 0.1) is 18.3 Å². The number of ether oxygens (including phenoxy) is 3. The van der Waals surface area contributed by atoms with Crippen LogP contribution < -0.4 is 15.4 Å². The minimum atomic E-state index is -0.733. The van der Waals surface area contributed by atoms with Gasteiger partial charge in [0, 0.05) is 46.6 Å². The molecule has 47 heavy (non-hydrogen) atoms. The number of nitrogens with zero attached hydrogens (tertiary/aromatic N) is 3. The maximum atomic E-state index is 14.1. The molecule has 6 atom stereocenters. The van der Waals surface area contributed by atoms with Crippen molar-refractivity contribution < 1.29 is 33.7 Å². The number of alkyl carbamates (subject to hydrolysis) is 1. The van der Waals surface area contributed by atoms with Crippen LogP contribution in [0.5, 0.6) is 11.5 Å². The van der Waals surface area contributed by atoms with Gasteiger partial charge in [0.15, 0.2) is 23.0 Å². The van der Waals surface area contributed by atoms with Crippen molar-refractivity contribution in [3.8, 4) is 17.6 Å². The lowest BCUT2D eigenvalue weighted by Gasteiger charge is -2.60. The fourth-order valence-electron chi connectivity index (χ4n) is 7.76. The Bertz CT molecular complexity index is 1650. The number of carbonyl (C=O) groups excluding carboxylic acids is 3. The van der Waals surface area contributed by atoms with Crippen molar-refractivity contribution >= 4 is 17.7 Å². The van der Waals surface area contributed by atoms with Gasteiger partial charge in [0.25, 0.3) is 0 Å². The lowest BCUT2D eigenvalue weighted by Crippen LogP contribution is -2.71. The number of carbonyl (C=O) groups is 3. The van der Waals surface area contributed by atoms with Crippen LogP contribution in [0.15, 0.2) is 40.8 Å². The number of rotatable bonds is 7. The van der Waals surface area contributed by atoms with E-state index in [2.05, 4.69) is 28.2 Å². The summed E-state index contributed by atoms with van der Waals surface area (Å²) in [6.07, 6.45) is 0.0826. The molecule has 1 aliphatic carbocycles.